The van der Waals surface area contributed by atoms with Crippen LogP contribution in [-0.4, -0.2) is 46.5 Å². The maximum atomic E-state index is 12.8. The summed E-state index contributed by atoms with van der Waals surface area (Å²) in [5, 5.41) is 0.182. The predicted molar refractivity (Wildman–Crippen MR) is 121 cm³/mol. The number of thioether (sulfide) groups is 1. The van der Waals surface area contributed by atoms with E-state index in [1.54, 1.807) is 23.1 Å². The molecule has 0 aromatic heterocycles. The van der Waals surface area contributed by atoms with Crippen LogP contribution in [0.5, 0.6) is 5.75 Å². The van der Waals surface area contributed by atoms with Crippen LogP contribution >= 0.6 is 23.4 Å². The molecule has 2 heterocycles. The summed E-state index contributed by atoms with van der Waals surface area (Å²) in [6.45, 7) is 1.42. The molecule has 160 valence electrons. The van der Waals surface area contributed by atoms with Crippen molar-refractivity contribution in [3.8, 4) is 5.75 Å². The molecular formula is C23H21ClN2O4S. The molecular weight excluding hydrogens is 436 g/mol. The van der Waals surface area contributed by atoms with Crippen LogP contribution in [0, 0.1) is 0 Å². The molecule has 6 nitrogen and oxygen atoms in total. The number of carbonyl (C=O) groups is 3. The normalized spacial score (nSPS) is 17.6. The van der Waals surface area contributed by atoms with Crippen molar-refractivity contribution in [1.82, 2.24) is 9.80 Å². The standard InChI is InChI=1S/C23H21ClN2O4S/c24-18-9-3-1-8-17(18)15-30-19-10-4-2-7-16(19)13-20-22(28)26(23(29)31-20)14-21(27)25-11-5-6-12-25/h1-4,7-10,13H,5-6,11-12,14-15H2/b20-13-. The minimum absolute atomic E-state index is 0.190. The van der Waals surface area contributed by atoms with Gasteiger partial charge in [0.15, 0.2) is 0 Å². The molecule has 0 unspecified atom stereocenters. The van der Waals surface area contributed by atoms with Gasteiger partial charge in [0.1, 0.15) is 18.9 Å². The summed E-state index contributed by atoms with van der Waals surface area (Å²) in [6, 6.07) is 14.7. The predicted octanol–water partition coefficient (Wildman–Crippen LogP) is 4.58. The number of hydrogen-bond donors (Lipinski definition) is 0. The summed E-state index contributed by atoms with van der Waals surface area (Å²) < 4.78 is 5.93. The fourth-order valence-electron chi connectivity index (χ4n) is 3.48. The Morgan fingerprint density at radius 1 is 1.06 bits per heavy atom. The van der Waals surface area contributed by atoms with Crippen molar-refractivity contribution < 1.29 is 19.1 Å². The highest BCUT2D eigenvalue weighted by Crippen LogP contribution is 2.34. The van der Waals surface area contributed by atoms with Crippen LogP contribution in [0.15, 0.2) is 53.4 Å². The number of nitrogens with zero attached hydrogens (tertiary/aromatic N) is 2. The number of ether oxygens (including phenoxy) is 1. The summed E-state index contributed by atoms with van der Waals surface area (Å²) in [4.78, 5) is 40.5. The number of halogens is 1. The van der Waals surface area contributed by atoms with Crippen molar-refractivity contribution in [3.05, 3.63) is 69.6 Å². The fraction of sp³-hybridized carbons (Fsp3) is 0.261. The van der Waals surface area contributed by atoms with Gasteiger partial charge >= 0.3 is 0 Å². The van der Waals surface area contributed by atoms with Crippen molar-refractivity contribution in [2.75, 3.05) is 19.6 Å². The average molecular weight is 457 g/mol. The van der Waals surface area contributed by atoms with Gasteiger partial charge in [-0.25, -0.2) is 0 Å². The molecule has 2 aromatic carbocycles. The van der Waals surface area contributed by atoms with E-state index in [1.807, 2.05) is 36.4 Å². The van der Waals surface area contributed by atoms with E-state index in [0.29, 0.717) is 29.4 Å². The lowest BCUT2D eigenvalue weighted by Gasteiger charge is -2.18. The first-order valence-electron chi connectivity index (χ1n) is 10.0. The van der Waals surface area contributed by atoms with Gasteiger partial charge < -0.3 is 9.64 Å². The molecule has 0 bridgehead atoms. The van der Waals surface area contributed by atoms with Gasteiger partial charge in [-0.3, -0.25) is 19.3 Å². The van der Waals surface area contributed by atoms with E-state index in [9.17, 15) is 14.4 Å². The Hall–Kier alpha value is -2.77. The van der Waals surface area contributed by atoms with E-state index in [-0.39, 0.29) is 24.0 Å². The van der Waals surface area contributed by atoms with Gasteiger partial charge in [-0.1, -0.05) is 48.0 Å². The lowest BCUT2D eigenvalue weighted by atomic mass is 10.1. The highest BCUT2D eigenvalue weighted by molar-refractivity contribution is 8.18. The van der Waals surface area contributed by atoms with Crippen LogP contribution in [0.3, 0.4) is 0 Å². The third kappa shape index (κ3) is 4.94. The molecule has 3 amide bonds. The van der Waals surface area contributed by atoms with E-state index >= 15 is 0 Å². The Morgan fingerprint density at radius 2 is 1.77 bits per heavy atom. The molecule has 2 aliphatic heterocycles. The minimum Gasteiger partial charge on any atom is -0.488 e. The van der Waals surface area contributed by atoms with Crippen LogP contribution in [0.25, 0.3) is 6.08 Å². The van der Waals surface area contributed by atoms with Gasteiger partial charge in [-0.05, 0) is 42.8 Å². The zero-order valence-corrected chi connectivity index (χ0v) is 18.3. The smallest absolute Gasteiger partial charge is 0.294 e. The van der Waals surface area contributed by atoms with Crippen molar-refractivity contribution in [2.45, 2.75) is 19.4 Å². The second-order valence-electron chi connectivity index (χ2n) is 7.27. The molecule has 0 spiro atoms. The lowest BCUT2D eigenvalue weighted by Crippen LogP contribution is -2.40. The average Bonchev–Trinajstić information content (AvgIpc) is 3.39. The maximum Gasteiger partial charge on any atom is 0.294 e. The van der Waals surface area contributed by atoms with E-state index in [0.717, 1.165) is 35.1 Å². The topological polar surface area (TPSA) is 66.9 Å². The maximum absolute atomic E-state index is 12.8. The fourth-order valence-corrected chi connectivity index (χ4v) is 4.50. The number of carbonyl (C=O) groups excluding carboxylic acids is 3. The van der Waals surface area contributed by atoms with Crippen LogP contribution in [0.1, 0.15) is 24.0 Å². The van der Waals surface area contributed by atoms with Crippen LogP contribution in [0.2, 0.25) is 5.02 Å². The van der Waals surface area contributed by atoms with Crippen LogP contribution in [-0.2, 0) is 16.2 Å². The Morgan fingerprint density at radius 3 is 2.55 bits per heavy atom. The largest absolute Gasteiger partial charge is 0.488 e. The summed E-state index contributed by atoms with van der Waals surface area (Å²) in [6.07, 6.45) is 3.55. The molecule has 0 atom stereocenters. The van der Waals surface area contributed by atoms with Crippen molar-refractivity contribution >= 4 is 46.5 Å². The quantitative estimate of drug-likeness (QED) is 0.595. The molecule has 8 heteroatoms. The van der Waals surface area contributed by atoms with Crippen LogP contribution < -0.4 is 4.74 Å². The molecule has 0 aliphatic carbocycles. The number of rotatable bonds is 6. The van der Waals surface area contributed by atoms with Gasteiger partial charge in [0.2, 0.25) is 5.91 Å². The van der Waals surface area contributed by atoms with E-state index < -0.39 is 11.1 Å². The Kier molecular flexibility index (Phi) is 6.63. The van der Waals surface area contributed by atoms with Gasteiger partial charge in [0, 0.05) is 29.2 Å². The highest BCUT2D eigenvalue weighted by Gasteiger charge is 2.37. The third-order valence-corrected chi connectivity index (χ3v) is 6.45. The summed E-state index contributed by atoms with van der Waals surface area (Å²) in [5.74, 6) is -0.0738. The summed E-state index contributed by atoms with van der Waals surface area (Å²) >= 11 is 7.03. The molecule has 0 N–H and O–H groups in total. The van der Waals surface area contributed by atoms with Gasteiger partial charge in [0.05, 0.1) is 4.91 Å². The van der Waals surface area contributed by atoms with Crippen molar-refractivity contribution in [2.24, 2.45) is 0 Å². The highest BCUT2D eigenvalue weighted by atomic mass is 35.5. The van der Waals surface area contributed by atoms with Crippen molar-refractivity contribution in [3.63, 3.8) is 0 Å². The Labute approximate surface area is 189 Å². The number of hydrogen-bond acceptors (Lipinski definition) is 5. The summed E-state index contributed by atoms with van der Waals surface area (Å²) in [5.41, 5.74) is 1.52. The Balaban J connectivity index is 1.48. The summed E-state index contributed by atoms with van der Waals surface area (Å²) in [7, 11) is 0. The van der Waals surface area contributed by atoms with Gasteiger partial charge in [-0.15, -0.1) is 0 Å². The molecule has 4 rings (SSSR count). The monoisotopic (exact) mass is 456 g/mol. The van der Waals surface area contributed by atoms with E-state index in [2.05, 4.69) is 0 Å². The molecule has 2 saturated heterocycles. The first-order valence-corrected chi connectivity index (χ1v) is 11.2. The molecule has 2 fully saturated rings. The number of benzene rings is 2. The third-order valence-electron chi connectivity index (χ3n) is 5.17. The number of para-hydroxylation sites is 1. The number of likely N-dealkylation sites (tertiary alicyclic amines) is 1. The van der Waals surface area contributed by atoms with E-state index in [1.165, 1.54) is 0 Å². The SMILES string of the molecule is O=C(CN1C(=O)S/C(=C\c2ccccc2OCc2ccccc2Cl)C1=O)N1CCCC1. The van der Waals surface area contributed by atoms with Gasteiger partial charge in [0.25, 0.3) is 11.1 Å². The van der Waals surface area contributed by atoms with E-state index in [4.69, 9.17) is 16.3 Å². The molecule has 2 aromatic rings. The number of amides is 3. The second kappa shape index (κ2) is 9.58. The minimum atomic E-state index is -0.455. The lowest BCUT2D eigenvalue weighted by molar-refractivity contribution is -0.135. The first-order chi connectivity index (χ1) is 15.0. The molecule has 0 radical (unpaired) electrons. The molecule has 2 aliphatic rings. The van der Waals surface area contributed by atoms with Crippen LogP contribution in [0.4, 0.5) is 4.79 Å². The molecule has 0 saturated carbocycles. The molecule has 31 heavy (non-hydrogen) atoms. The number of imide groups is 1. The zero-order chi connectivity index (χ0) is 21.8. The van der Waals surface area contributed by atoms with Gasteiger partial charge in [-0.2, -0.15) is 0 Å². The second-order valence-corrected chi connectivity index (χ2v) is 8.67. The van der Waals surface area contributed by atoms with Crippen molar-refractivity contribution in [1.29, 1.82) is 0 Å². The Bertz CT molecular complexity index is 1050. The zero-order valence-electron chi connectivity index (χ0n) is 16.8. The first kappa shape index (κ1) is 21.5.